The van der Waals surface area contributed by atoms with Crippen molar-refractivity contribution in [2.45, 2.75) is 166 Å². The van der Waals surface area contributed by atoms with Gasteiger partial charge >= 0.3 is 33.3 Å². The second-order valence-electron chi connectivity index (χ2n) is 17.9. The van der Waals surface area contributed by atoms with Crippen molar-refractivity contribution in [1.29, 1.82) is 0 Å². The van der Waals surface area contributed by atoms with Gasteiger partial charge in [-0.1, -0.05) is 125 Å². The first kappa shape index (κ1) is 63.9. The number of carbonyl (C=O) groups excluding carboxylic acids is 3. The Bertz CT molecular complexity index is 2230. The monoisotopic (exact) mass is 1080 g/mol. The van der Waals surface area contributed by atoms with Crippen molar-refractivity contribution in [3.8, 4) is 0 Å². The number of rotatable bonds is 23. The van der Waals surface area contributed by atoms with Crippen LogP contribution in [0.25, 0.3) is 0 Å². The summed E-state index contributed by atoms with van der Waals surface area (Å²) in [6, 6.07) is 1.28. The van der Waals surface area contributed by atoms with Gasteiger partial charge in [-0.3, -0.25) is 28.0 Å². The van der Waals surface area contributed by atoms with Gasteiger partial charge in [0.15, 0.2) is 11.9 Å². The van der Waals surface area contributed by atoms with Gasteiger partial charge in [-0.05, 0) is 82.8 Å². The first-order chi connectivity index (χ1) is 35.4. The standard InChI is InChI=1S/C52H79N3O17P2/c1-3-5-7-8-9-10-11-12-13-14-15-16-17-18-19-20-25-29-47(58)67-37-42-38-68-73(63,64)72-74(65,66)69-39-45-50(61)49(60)43(33-32-41(56)28-23-6-4-2)44(57)34-31-40(27-24-21-22-26-30-48(59)70-42)51(71-45)55-36-35-46(53)54-52(55)62/h5,7,9-10,12-13,15-16,21,24,31-36,40-43,45,49-51,56,60-61H,3-4,6,8,11,14,17-20,22-23,25-30,37-39H2,1-2H3,(H,63,64)(H,65,66)(H2,53,54,62)/b7-5-,10-9-,13-12-,16-15-,24-21?,33-32?,34-31?/t40-,41-,42+,43-,45+,49-,50+,51+/m0/s1. The topological polar surface area (TPSA) is 303 Å². The molecule has 0 spiro atoms. The van der Waals surface area contributed by atoms with E-state index in [0.717, 1.165) is 74.9 Å². The number of nitrogens with zero attached hydrogens (tertiary/aromatic N) is 2. The summed E-state index contributed by atoms with van der Waals surface area (Å²) in [6.07, 6.45) is 28.0. The molecule has 7 N–H and O–H groups in total. The molecule has 1 aromatic rings. The largest absolute Gasteiger partial charge is 0.481 e. The molecule has 2 unspecified atom stereocenters. The summed E-state index contributed by atoms with van der Waals surface area (Å²) in [7, 11) is -11.3. The van der Waals surface area contributed by atoms with Crippen molar-refractivity contribution in [1.82, 2.24) is 9.55 Å². The molecule has 0 aliphatic carbocycles. The first-order valence-electron chi connectivity index (χ1n) is 25.7. The third kappa shape index (κ3) is 26.4. The lowest BCUT2D eigenvalue weighted by Gasteiger charge is -2.36. The molecular formula is C52H79N3O17P2. The maximum atomic E-state index is 13.8. The molecule has 10 atom stereocenters. The molecule has 74 heavy (non-hydrogen) atoms. The number of cyclic esters (lactones) is 1. The lowest BCUT2D eigenvalue weighted by atomic mass is 9.88. The van der Waals surface area contributed by atoms with Crippen molar-refractivity contribution >= 4 is 39.2 Å². The van der Waals surface area contributed by atoms with E-state index in [-0.39, 0.29) is 31.5 Å². The number of aromatic nitrogens is 2. The van der Waals surface area contributed by atoms with Crippen molar-refractivity contribution in [3.05, 3.63) is 108 Å². The molecule has 20 nitrogen and oxygen atoms in total. The van der Waals surface area contributed by atoms with E-state index in [1.54, 1.807) is 12.2 Å². The molecule has 0 aromatic carbocycles. The van der Waals surface area contributed by atoms with Gasteiger partial charge < -0.3 is 45.1 Å². The van der Waals surface area contributed by atoms with E-state index < -0.39 is 107 Å². The molecule has 0 fully saturated rings. The normalized spacial score (nSPS) is 27.9. The van der Waals surface area contributed by atoms with Crippen LogP contribution in [0.15, 0.2) is 102 Å². The minimum absolute atomic E-state index is 0.0463. The summed E-state index contributed by atoms with van der Waals surface area (Å²) in [6.45, 7) is 1.42. The van der Waals surface area contributed by atoms with Crippen molar-refractivity contribution in [3.63, 3.8) is 0 Å². The van der Waals surface area contributed by atoms with Crippen molar-refractivity contribution in [2.75, 3.05) is 25.6 Å². The smallest absolute Gasteiger partial charge is 0.462 e. The molecule has 0 amide bonds. The Morgan fingerprint density at radius 2 is 1.57 bits per heavy atom. The van der Waals surface area contributed by atoms with Crippen LogP contribution < -0.4 is 11.4 Å². The Morgan fingerprint density at radius 1 is 0.892 bits per heavy atom. The molecule has 2 aliphatic heterocycles. The maximum absolute atomic E-state index is 13.8. The second kappa shape index (κ2) is 35.8. The number of aliphatic hydroxyl groups is 3. The first-order valence-corrected chi connectivity index (χ1v) is 28.6. The number of esters is 2. The molecule has 0 radical (unpaired) electrons. The highest BCUT2D eigenvalue weighted by molar-refractivity contribution is 7.61. The number of allylic oxidation sites excluding steroid dienone is 11. The van der Waals surface area contributed by atoms with E-state index in [2.05, 4.69) is 64.8 Å². The molecular weight excluding hydrogens is 1000 g/mol. The number of nitrogens with two attached hydrogens (primary N) is 1. The third-order valence-electron chi connectivity index (χ3n) is 11.7. The number of phosphoric acid groups is 2. The highest BCUT2D eigenvalue weighted by Gasteiger charge is 2.42. The summed E-state index contributed by atoms with van der Waals surface area (Å²) in [4.78, 5) is 77.8. The highest BCUT2D eigenvalue weighted by atomic mass is 31.3. The van der Waals surface area contributed by atoms with Crippen molar-refractivity contribution < 1.29 is 76.2 Å². The zero-order chi connectivity index (χ0) is 54.2. The van der Waals surface area contributed by atoms with Crippen LogP contribution in [-0.2, 0) is 51.1 Å². The maximum Gasteiger partial charge on any atom is 0.481 e. The number of aliphatic hydroxyl groups excluding tert-OH is 3. The van der Waals surface area contributed by atoms with Crippen LogP contribution in [0.5, 0.6) is 0 Å². The Hall–Kier alpha value is -4.43. The Morgan fingerprint density at radius 3 is 2.26 bits per heavy atom. The molecule has 0 saturated carbocycles. The van der Waals surface area contributed by atoms with Crippen LogP contribution in [0.3, 0.4) is 0 Å². The molecule has 2 bridgehead atoms. The quantitative estimate of drug-likeness (QED) is 0.0260. The number of ether oxygens (including phenoxy) is 3. The number of nitrogen functional groups attached to an aromatic ring is 1. The number of fused-ring (bicyclic) bond motifs is 3. The number of ketones is 1. The van der Waals surface area contributed by atoms with Gasteiger partial charge in [0.2, 0.25) is 0 Å². The van der Waals surface area contributed by atoms with Gasteiger partial charge in [0.1, 0.15) is 30.9 Å². The van der Waals surface area contributed by atoms with E-state index in [1.165, 1.54) is 30.5 Å². The summed E-state index contributed by atoms with van der Waals surface area (Å²) in [5.74, 6) is -4.71. The van der Waals surface area contributed by atoms with E-state index in [9.17, 15) is 53.4 Å². The van der Waals surface area contributed by atoms with Crippen LogP contribution in [0.1, 0.15) is 136 Å². The SMILES string of the molecule is CC/C=C\C/C=C\C/C=C\C/C=C\CCCCCCC(=O)OC[C@@H]1COP(=O)(O)OP(=O)(O)OC[C@H]2O[C@@H](n3ccc(N)nc3=O)[C@H](C=CC(=O)[C@H](C=C[C@@H](O)CCCCC)[C@H](O)[C@@H]2O)CC=CCCCC(=O)O1. The number of phosphoric ester groups is 2. The van der Waals surface area contributed by atoms with Crippen LogP contribution in [-0.4, -0.2) is 103 Å². The lowest BCUT2D eigenvalue weighted by molar-refractivity contribution is -0.167. The van der Waals surface area contributed by atoms with Gasteiger partial charge in [-0.2, -0.15) is 9.29 Å². The van der Waals surface area contributed by atoms with Gasteiger partial charge in [0.25, 0.3) is 0 Å². The van der Waals surface area contributed by atoms with Gasteiger partial charge in [0, 0.05) is 25.0 Å². The van der Waals surface area contributed by atoms with Crippen molar-refractivity contribution in [2.24, 2.45) is 11.8 Å². The van der Waals surface area contributed by atoms with E-state index in [0.29, 0.717) is 25.7 Å². The number of anilines is 1. The summed E-state index contributed by atoms with van der Waals surface area (Å²) < 4.78 is 59.0. The predicted molar refractivity (Wildman–Crippen MR) is 279 cm³/mol. The number of unbranched alkanes of at least 4 members (excludes halogenated alkanes) is 6. The minimum atomic E-state index is -5.68. The van der Waals surface area contributed by atoms with Gasteiger partial charge in [-0.15, -0.1) is 0 Å². The zero-order valence-corrected chi connectivity index (χ0v) is 44.5. The fourth-order valence-electron chi connectivity index (χ4n) is 7.63. The molecule has 0 saturated heterocycles. The average Bonchev–Trinajstić information content (AvgIpc) is 3.34. The molecule has 414 valence electrons. The number of carbonyl (C=O) groups is 3. The number of hydrogen-bond donors (Lipinski definition) is 6. The molecule has 3 heterocycles. The molecule has 22 heteroatoms. The van der Waals surface area contributed by atoms with Crippen LogP contribution in [0.2, 0.25) is 0 Å². The fraction of sp³-hybridized carbons (Fsp3) is 0.596. The molecule has 3 rings (SSSR count). The van der Waals surface area contributed by atoms with E-state index in [1.807, 2.05) is 6.92 Å². The summed E-state index contributed by atoms with van der Waals surface area (Å²) in [5.41, 5.74) is 4.83. The Labute approximate surface area is 434 Å². The summed E-state index contributed by atoms with van der Waals surface area (Å²) in [5, 5.41) is 33.8. The van der Waals surface area contributed by atoms with E-state index >= 15 is 0 Å². The fourth-order valence-corrected chi connectivity index (χ4v) is 9.74. The van der Waals surface area contributed by atoms with Crippen LogP contribution in [0.4, 0.5) is 5.82 Å². The summed E-state index contributed by atoms with van der Waals surface area (Å²) >= 11 is 0. The number of hydrogen-bond acceptors (Lipinski definition) is 17. The highest BCUT2D eigenvalue weighted by Crippen LogP contribution is 2.60. The van der Waals surface area contributed by atoms with Crippen LogP contribution >= 0.6 is 15.6 Å². The van der Waals surface area contributed by atoms with Gasteiger partial charge in [-0.25, -0.2) is 13.9 Å². The minimum Gasteiger partial charge on any atom is -0.462 e. The van der Waals surface area contributed by atoms with Gasteiger partial charge in [0.05, 0.1) is 31.3 Å². The van der Waals surface area contributed by atoms with Crippen LogP contribution in [0, 0.1) is 11.8 Å². The zero-order valence-electron chi connectivity index (χ0n) is 42.7. The second-order valence-corrected chi connectivity index (χ2v) is 21.0. The lowest BCUT2D eigenvalue weighted by Crippen LogP contribution is -2.49. The average molecular weight is 1080 g/mol. The predicted octanol–water partition coefficient (Wildman–Crippen LogP) is 8.28. The Balaban J connectivity index is 1.74. The third-order valence-corrected chi connectivity index (χ3v) is 14.3. The van der Waals surface area contributed by atoms with E-state index in [4.69, 9.17) is 29.0 Å². The molecule has 1 aromatic heterocycles. The Kier molecular flexibility index (Phi) is 30.9. The molecule has 2 aliphatic rings.